The van der Waals surface area contributed by atoms with Gasteiger partial charge in [-0.05, 0) is 55.8 Å². The number of fused-ring (bicyclic) bond motifs is 1. The third-order valence-electron chi connectivity index (χ3n) is 6.42. The molecular formula is C27H32N4O. The zero-order valence-corrected chi connectivity index (χ0v) is 19.0. The lowest BCUT2D eigenvalue weighted by Gasteiger charge is -2.39. The Kier molecular flexibility index (Phi) is 6.98. The summed E-state index contributed by atoms with van der Waals surface area (Å²) in [5.41, 5.74) is 4.89. The molecule has 1 heterocycles. The van der Waals surface area contributed by atoms with Crippen molar-refractivity contribution in [3.8, 4) is 0 Å². The van der Waals surface area contributed by atoms with Crippen molar-refractivity contribution < 1.29 is 4.79 Å². The van der Waals surface area contributed by atoms with Crippen LogP contribution in [0.1, 0.15) is 22.4 Å². The van der Waals surface area contributed by atoms with Gasteiger partial charge >= 0.3 is 0 Å². The molecule has 1 aliphatic rings. The van der Waals surface area contributed by atoms with Gasteiger partial charge in [0.1, 0.15) is 0 Å². The van der Waals surface area contributed by atoms with Crippen LogP contribution < -0.4 is 5.32 Å². The fourth-order valence-electron chi connectivity index (χ4n) is 4.62. The average Bonchev–Trinajstić information content (AvgIpc) is 3.19. The van der Waals surface area contributed by atoms with E-state index in [-0.39, 0.29) is 11.4 Å². The summed E-state index contributed by atoms with van der Waals surface area (Å²) in [5.74, 6) is 0.0480. The lowest BCUT2D eigenvalue weighted by molar-refractivity contribution is -0.122. The number of likely N-dealkylation sites (N-methyl/N-ethyl adjacent to an activating group) is 2. The van der Waals surface area contributed by atoms with Crippen molar-refractivity contribution in [3.63, 3.8) is 0 Å². The zero-order valence-electron chi connectivity index (χ0n) is 19.0. The number of rotatable bonds is 9. The molecule has 5 nitrogen and oxygen atoms in total. The Labute approximate surface area is 191 Å². The maximum atomic E-state index is 12.8. The fourth-order valence-corrected chi connectivity index (χ4v) is 4.62. The number of hydrogen-bond acceptors (Lipinski definition) is 4. The van der Waals surface area contributed by atoms with Gasteiger partial charge in [0.05, 0.1) is 12.2 Å². The van der Waals surface area contributed by atoms with Gasteiger partial charge in [-0.15, -0.1) is 0 Å². The second kappa shape index (κ2) is 10.1. The Balaban J connectivity index is 1.41. The summed E-state index contributed by atoms with van der Waals surface area (Å²) in [6.07, 6.45) is 3.67. The van der Waals surface area contributed by atoms with Crippen LogP contribution in [0.4, 0.5) is 0 Å². The molecule has 0 saturated carbocycles. The minimum atomic E-state index is -0.130. The number of carbonyl (C=O) groups is 1. The van der Waals surface area contributed by atoms with Crippen LogP contribution in [0.2, 0.25) is 0 Å². The first-order valence-electron chi connectivity index (χ1n) is 11.2. The first-order valence-corrected chi connectivity index (χ1v) is 11.2. The van der Waals surface area contributed by atoms with Crippen LogP contribution in [0.5, 0.6) is 0 Å². The summed E-state index contributed by atoms with van der Waals surface area (Å²) in [6.45, 7) is 2.48. The highest BCUT2D eigenvalue weighted by atomic mass is 16.2. The highest BCUT2D eigenvalue weighted by Gasteiger charge is 2.40. The van der Waals surface area contributed by atoms with Gasteiger partial charge in [0.15, 0.2) is 0 Å². The van der Waals surface area contributed by atoms with Gasteiger partial charge in [0, 0.05) is 31.4 Å². The van der Waals surface area contributed by atoms with Crippen molar-refractivity contribution in [1.29, 1.82) is 0 Å². The van der Waals surface area contributed by atoms with Crippen molar-refractivity contribution in [2.45, 2.75) is 31.5 Å². The van der Waals surface area contributed by atoms with Crippen LogP contribution in [0.15, 0.2) is 79.0 Å². The third kappa shape index (κ3) is 5.42. The van der Waals surface area contributed by atoms with E-state index >= 15 is 0 Å². The Morgan fingerprint density at radius 3 is 2.22 bits per heavy atom. The Bertz CT molecular complexity index is 997. The largest absolute Gasteiger partial charge is 0.353 e. The molecule has 1 aromatic heterocycles. The lowest BCUT2D eigenvalue weighted by atomic mass is 9.92. The van der Waals surface area contributed by atoms with Crippen LogP contribution in [0, 0.1) is 0 Å². The van der Waals surface area contributed by atoms with Gasteiger partial charge in [-0.3, -0.25) is 19.6 Å². The van der Waals surface area contributed by atoms with Gasteiger partial charge in [-0.25, -0.2) is 0 Å². The highest BCUT2D eigenvalue weighted by molar-refractivity contribution is 5.78. The van der Waals surface area contributed by atoms with E-state index in [4.69, 9.17) is 0 Å². The monoisotopic (exact) mass is 428 g/mol. The topological polar surface area (TPSA) is 48.5 Å². The van der Waals surface area contributed by atoms with E-state index in [0.29, 0.717) is 19.6 Å². The van der Waals surface area contributed by atoms with E-state index in [0.717, 1.165) is 25.1 Å². The number of hydrogen-bond donors (Lipinski definition) is 1. The van der Waals surface area contributed by atoms with Crippen LogP contribution >= 0.6 is 0 Å². The molecule has 0 aliphatic heterocycles. The van der Waals surface area contributed by atoms with Crippen LogP contribution in [0.3, 0.4) is 0 Å². The number of pyridine rings is 1. The molecule has 1 N–H and O–H groups in total. The number of benzene rings is 2. The first-order chi connectivity index (χ1) is 15.5. The summed E-state index contributed by atoms with van der Waals surface area (Å²) in [6, 6.07) is 25.1. The standard InChI is InChI=1S/C27H32N4O/c1-30(19-25-14-8-9-15-28-25)20-26(32)29-21-27(16-23-12-6-7-13-24(23)17-27)31(2)18-22-10-4-3-5-11-22/h3-15H,16-21H2,1-2H3,(H,29,32). The molecule has 32 heavy (non-hydrogen) atoms. The van der Waals surface area contributed by atoms with Crippen LogP contribution in [0.25, 0.3) is 0 Å². The van der Waals surface area contributed by atoms with Gasteiger partial charge in [0.25, 0.3) is 0 Å². The number of nitrogens with one attached hydrogen (secondary N) is 1. The van der Waals surface area contributed by atoms with Crippen molar-refractivity contribution >= 4 is 5.91 Å². The molecule has 0 unspecified atom stereocenters. The molecule has 5 heteroatoms. The molecule has 0 radical (unpaired) electrons. The van der Waals surface area contributed by atoms with Crippen molar-refractivity contribution in [2.24, 2.45) is 0 Å². The predicted molar refractivity (Wildman–Crippen MR) is 128 cm³/mol. The minimum Gasteiger partial charge on any atom is -0.353 e. The molecule has 3 aromatic rings. The van der Waals surface area contributed by atoms with Crippen molar-refractivity contribution in [3.05, 3.63) is 101 Å². The summed E-state index contributed by atoms with van der Waals surface area (Å²) < 4.78 is 0. The van der Waals surface area contributed by atoms with Crippen molar-refractivity contribution in [1.82, 2.24) is 20.1 Å². The summed E-state index contributed by atoms with van der Waals surface area (Å²) in [7, 11) is 4.13. The molecule has 1 aliphatic carbocycles. The number of carbonyl (C=O) groups excluding carboxylic acids is 1. The molecule has 2 aromatic carbocycles. The van der Waals surface area contributed by atoms with Gasteiger partial charge in [0.2, 0.25) is 5.91 Å². The van der Waals surface area contributed by atoms with E-state index in [2.05, 4.69) is 70.8 Å². The van der Waals surface area contributed by atoms with E-state index < -0.39 is 0 Å². The molecule has 166 valence electrons. The number of nitrogens with zero attached hydrogens (tertiary/aromatic N) is 3. The Morgan fingerprint density at radius 2 is 1.56 bits per heavy atom. The molecule has 0 spiro atoms. The molecule has 0 atom stereocenters. The summed E-state index contributed by atoms with van der Waals surface area (Å²) >= 11 is 0. The van der Waals surface area contributed by atoms with Crippen LogP contribution in [-0.2, 0) is 30.7 Å². The lowest BCUT2D eigenvalue weighted by Crippen LogP contribution is -2.55. The normalized spacial score (nSPS) is 14.5. The SMILES string of the molecule is CN(CC(=O)NCC1(N(C)Cc2ccccc2)Cc2ccccc2C1)Cc1ccccn1. The first kappa shape index (κ1) is 22.2. The second-order valence-electron chi connectivity index (χ2n) is 8.96. The molecule has 0 saturated heterocycles. The minimum absolute atomic E-state index is 0.0480. The zero-order chi connectivity index (χ0) is 22.4. The van der Waals surface area contributed by atoms with Crippen molar-refractivity contribution in [2.75, 3.05) is 27.2 Å². The molecule has 4 rings (SSSR count). The Morgan fingerprint density at radius 1 is 0.906 bits per heavy atom. The smallest absolute Gasteiger partial charge is 0.234 e. The quantitative estimate of drug-likeness (QED) is 0.568. The fraction of sp³-hybridized carbons (Fsp3) is 0.333. The maximum absolute atomic E-state index is 12.8. The molecule has 1 amide bonds. The summed E-state index contributed by atoms with van der Waals surface area (Å²) in [4.78, 5) is 21.6. The van der Waals surface area contributed by atoms with Gasteiger partial charge in [-0.1, -0.05) is 60.7 Å². The highest BCUT2D eigenvalue weighted by Crippen LogP contribution is 2.34. The van der Waals surface area contributed by atoms with Gasteiger partial charge < -0.3 is 5.32 Å². The third-order valence-corrected chi connectivity index (χ3v) is 6.42. The summed E-state index contributed by atoms with van der Waals surface area (Å²) in [5, 5.41) is 3.24. The van der Waals surface area contributed by atoms with Gasteiger partial charge in [-0.2, -0.15) is 0 Å². The molecule has 0 bridgehead atoms. The number of aromatic nitrogens is 1. The van der Waals surface area contributed by atoms with E-state index in [1.165, 1.54) is 16.7 Å². The maximum Gasteiger partial charge on any atom is 0.234 e. The number of amides is 1. The van der Waals surface area contributed by atoms with E-state index in [9.17, 15) is 4.79 Å². The Hall–Kier alpha value is -3.02. The predicted octanol–water partition coefficient (Wildman–Crippen LogP) is 3.30. The molecular weight excluding hydrogens is 396 g/mol. The van der Waals surface area contributed by atoms with E-state index in [1.807, 2.05) is 36.2 Å². The van der Waals surface area contributed by atoms with E-state index in [1.54, 1.807) is 6.20 Å². The molecule has 0 fully saturated rings. The second-order valence-corrected chi connectivity index (χ2v) is 8.96. The average molecular weight is 429 g/mol. The van der Waals surface area contributed by atoms with Crippen LogP contribution in [-0.4, -0.2) is 53.4 Å².